The van der Waals surface area contributed by atoms with Crippen LogP contribution in [0.4, 0.5) is 0 Å². The minimum absolute atomic E-state index is 0.0614. The van der Waals surface area contributed by atoms with Gasteiger partial charge in [-0.05, 0) is 67.4 Å². The summed E-state index contributed by atoms with van der Waals surface area (Å²) in [5.74, 6) is 6.90. The fraction of sp³-hybridized carbons (Fsp3) is 0.286. The maximum absolute atomic E-state index is 12.4. The van der Waals surface area contributed by atoms with Crippen LogP contribution in [0.2, 0.25) is 0 Å². The highest BCUT2D eigenvalue weighted by atomic mass is 16.6. The Morgan fingerprint density at radius 2 is 1.86 bits per heavy atom. The Labute approximate surface area is 169 Å². The van der Waals surface area contributed by atoms with Gasteiger partial charge in [-0.25, -0.2) is 4.79 Å². The zero-order valence-electron chi connectivity index (χ0n) is 17.2. The molecule has 29 heavy (non-hydrogen) atoms. The largest absolute Gasteiger partial charge is 0.491 e. The van der Waals surface area contributed by atoms with Gasteiger partial charge in [0.1, 0.15) is 5.75 Å². The van der Waals surface area contributed by atoms with Crippen LogP contribution in [-0.2, 0) is 11.9 Å². The number of hydrogen-bond donors (Lipinski definition) is 1. The van der Waals surface area contributed by atoms with Gasteiger partial charge in [-0.3, -0.25) is 0 Å². The van der Waals surface area contributed by atoms with E-state index < -0.39 is 0 Å². The molecule has 8 heteroatoms. The van der Waals surface area contributed by atoms with Gasteiger partial charge in [0.2, 0.25) is 0 Å². The number of benzene rings is 2. The smallest absolute Gasteiger partial charge is 0.368 e. The molecule has 0 saturated heterocycles. The van der Waals surface area contributed by atoms with Crippen LogP contribution in [-0.4, -0.2) is 25.9 Å². The topological polar surface area (TPSA) is 97.2 Å². The molecule has 2 N–H and O–H groups in total. The van der Waals surface area contributed by atoms with Gasteiger partial charge in [-0.2, -0.15) is 15.3 Å². The number of hydrogen-bond acceptors (Lipinski definition) is 6. The predicted octanol–water partition coefficient (Wildman–Crippen LogP) is 2.84. The fourth-order valence-electron chi connectivity index (χ4n) is 3.13. The normalized spacial score (nSPS) is 12.1. The van der Waals surface area contributed by atoms with Crippen LogP contribution in [0.15, 0.2) is 47.3 Å². The number of tetrazole rings is 1. The van der Waals surface area contributed by atoms with Gasteiger partial charge in [-0.15, -0.1) is 0 Å². The maximum Gasteiger partial charge on any atom is 0.368 e. The first-order chi connectivity index (χ1) is 13.8. The van der Waals surface area contributed by atoms with E-state index in [2.05, 4.69) is 10.4 Å². The van der Waals surface area contributed by atoms with E-state index in [1.807, 2.05) is 64.1 Å². The minimum atomic E-state index is -0.363. The van der Waals surface area contributed by atoms with Crippen molar-refractivity contribution < 1.29 is 9.57 Å². The lowest BCUT2D eigenvalue weighted by molar-refractivity contribution is 0.242. The summed E-state index contributed by atoms with van der Waals surface area (Å²) in [5, 5.41) is 7.76. The molecule has 0 saturated carbocycles. The van der Waals surface area contributed by atoms with Gasteiger partial charge in [0.25, 0.3) is 0 Å². The lowest BCUT2D eigenvalue weighted by atomic mass is 9.98. The summed E-state index contributed by atoms with van der Waals surface area (Å²) < 4.78 is 8.19. The van der Waals surface area contributed by atoms with Gasteiger partial charge < -0.3 is 9.57 Å². The number of aryl methyl sites for hydroxylation is 2. The number of rotatable bonds is 6. The van der Waals surface area contributed by atoms with E-state index in [0.717, 1.165) is 22.4 Å². The average Bonchev–Trinajstić information content (AvgIpc) is 3.02. The first kappa shape index (κ1) is 20.3. The van der Waals surface area contributed by atoms with E-state index in [1.54, 1.807) is 13.1 Å². The van der Waals surface area contributed by atoms with E-state index in [4.69, 9.17) is 15.5 Å². The Kier molecular flexibility index (Phi) is 5.84. The monoisotopic (exact) mass is 395 g/mol. The van der Waals surface area contributed by atoms with Crippen LogP contribution < -0.4 is 16.3 Å². The molecule has 1 aromatic heterocycles. The Balaban J connectivity index is 2.21. The number of aromatic nitrogens is 4. The lowest BCUT2D eigenvalue weighted by Gasteiger charge is -2.17. The molecule has 1 heterocycles. The lowest BCUT2D eigenvalue weighted by Crippen LogP contribution is -2.23. The van der Waals surface area contributed by atoms with Crippen LogP contribution in [0, 0.1) is 6.92 Å². The molecule has 0 bridgehead atoms. The van der Waals surface area contributed by atoms with Crippen LogP contribution in [0.1, 0.15) is 37.5 Å². The van der Waals surface area contributed by atoms with Gasteiger partial charge in [0.15, 0.2) is 5.76 Å². The highest BCUT2D eigenvalue weighted by Crippen LogP contribution is 2.33. The molecular weight excluding hydrogens is 370 g/mol. The Morgan fingerprint density at radius 1 is 1.14 bits per heavy atom. The number of ether oxygens (including phenoxy) is 1. The van der Waals surface area contributed by atoms with Crippen molar-refractivity contribution >= 4 is 11.3 Å². The van der Waals surface area contributed by atoms with E-state index >= 15 is 0 Å². The molecule has 152 valence electrons. The highest BCUT2D eigenvalue weighted by molar-refractivity contribution is 5.90. The fourth-order valence-corrected chi connectivity index (χ4v) is 3.13. The van der Waals surface area contributed by atoms with Gasteiger partial charge in [0.05, 0.1) is 11.8 Å². The van der Waals surface area contributed by atoms with E-state index in [1.165, 1.54) is 9.36 Å². The van der Waals surface area contributed by atoms with Crippen LogP contribution in [0.5, 0.6) is 5.75 Å². The molecule has 3 aromatic rings. The molecule has 0 spiro atoms. The summed E-state index contributed by atoms with van der Waals surface area (Å²) in [6.07, 6.45) is 0.0614. The van der Waals surface area contributed by atoms with Gasteiger partial charge in [0, 0.05) is 18.2 Å². The van der Waals surface area contributed by atoms with E-state index in [0.29, 0.717) is 17.0 Å². The predicted molar refractivity (Wildman–Crippen MR) is 111 cm³/mol. The second-order valence-electron chi connectivity index (χ2n) is 7.03. The van der Waals surface area contributed by atoms with Crippen molar-refractivity contribution in [3.63, 3.8) is 0 Å². The van der Waals surface area contributed by atoms with Crippen molar-refractivity contribution in [1.29, 1.82) is 0 Å². The molecule has 0 aliphatic rings. The molecule has 8 nitrogen and oxygen atoms in total. The molecule has 0 aliphatic carbocycles. The molecular formula is C21H25N5O3. The zero-order chi connectivity index (χ0) is 21.1. The SMILES string of the molecule is C/C(=C(\ON)c1c(C)cccc1-n1nnn(C)c1=O)c1cccc(OC(C)C)c1. The standard InChI is InChI=1S/C21H25N5O3/c1-13(2)28-17-10-7-9-16(12-17)15(4)20(29-22)19-14(3)8-6-11-18(19)26-21(27)25(5)23-24-26/h6-13H,22H2,1-5H3/b20-15+. The average molecular weight is 395 g/mol. The summed E-state index contributed by atoms with van der Waals surface area (Å²) in [6.45, 7) is 7.78. The summed E-state index contributed by atoms with van der Waals surface area (Å²) >= 11 is 0. The van der Waals surface area contributed by atoms with E-state index in [-0.39, 0.29) is 11.8 Å². The van der Waals surface area contributed by atoms with Gasteiger partial charge in [-0.1, -0.05) is 24.3 Å². The third-order valence-corrected chi connectivity index (χ3v) is 4.52. The van der Waals surface area contributed by atoms with Crippen molar-refractivity contribution in [3.05, 3.63) is 69.6 Å². The van der Waals surface area contributed by atoms with Crippen molar-refractivity contribution in [3.8, 4) is 11.4 Å². The van der Waals surface area contributed by atoms with Crippen LogP contribution in [0.3, 0.4) is 0 Å². The molecule has 0 aliphatic heterocycles. The van der Waals surface area contributed by atoms with Crippen molar-refractivity contribution in [2.45, 2.75) is 33.8 Å². The molecule has 0 fully saturated rings. The number of allylic oxidation sites excluding steroid dienone is 1. The quantitative estimate of drug-likeness (QED) is 0.392. The molecule has 3 rings (SSSR count). The minimum Gasteiger partial charge on any atom is -0.491 e. The second kappa shape index (κ2) is 8.32. The van der Waals surface area contributed by atoms with Crippen molar-refractivity contribution in [1.82, 2.24) is 19.8 Å². The third-order valence-electron chi connectivity index (χ3n) is 4.52. The molecule has 0 amide bonds. The third kappa shape index (κ3) is 4.07. The summed E-state index contributed by atoms with van der Waals surface area (Å²) in [4.78, 5) is 17.8. The van der Waals surface area contributed by atoms with Crippen molar-refractivity contribution in [2.24, 2.45) is 12.9 Å². The molecule has 0 unspecified atom stereocenters. The summed E-state index contributed by atoms with van der Waals surface area (Å²) in [6, 6.07) is 13.2. The molecule has 0 atom stereocenters. The van der Waals surface area contributed by atoms with E-state index in [9.17, 15) is 4.79 Å². The van der Waals surface area contributed by atoms with Crippen LogP contribution in [0.25, 0.3) is 17.0 Å². The van der Waals surface area contributed by atoms with Crippen LogP contribution >= 0.6 is 0 Å². The first-order valence-electron chi connectivity index (χ1n) is 9.27. The van der Waals surface area contributed by atoms with Gasteiger partial charge >= 0.3 is 5.69 Å². The summed E-state index contributed by atoms with van der Waals surface area (Å²) in [7, 11) is 1.54. The number of nitrogens with two attached hydrogens (primary N) is 1. The number of nitrogens with zero attached hydrogens (tertiary/aromatic N) is 4. The maximum atomic E-state index is 12.4. The zero-order valence-corrected chi connectivity index (χ0v) is 17.2. The second-order valence-corrected chi connectivity index (χ2v) is 7.03. The molecule has 0 radical (unpaired) electrons. The molecule has 2 aromatic carbocycles. The summed E-state index contributed by atoms with van der Waals surface area (Å²) in [5.41, 5.74) is 3.42. The first-order valence-corrected chi connectivity index (χ1v) is 9.27. The Hall–Kier alpha value is -3.39. The Morgan fingerprint density at radius 3 is 2.48 bits per heavy atom. The highest BCUT2D eigenvalue weighted by Gasteiger charge is 2.20. The van der Waals surface area contributed by atoms with Crippen molar-refractivity contribution in [2.75, 3.05) is 0 Å². The Bertz CT molecular complexity index is 1110.